The first-order valence-electron chi connectivity index (χ1n) is 12.8. The number of phenolic OH excluding ortho intramolecular Hbond substituents is 2. The summed E-state index contributed by atoms with van der Waals surface area (Å²) in [5.41, 5.74) is -4.10. The number of phenols is 2. The largest absolute Gasteiger partial charge is 0.507 e. The van der Waals surface area contributed by atoms with Gasteiger partial charge in [0.2, 0.25) is 0 Å². The Balaban J connectivity index is 1.68. The number of aldehydes is 1. The Morgan fingerprint density at radius 1 is 1.18 bits per heavy atom. The molecule has 0 spiro atoms. The van der Waals surface area contributed by atoms with Crippen LogP contribution in [0.15, 0.2) is 18.2 Å². The number of hydrogen-bond donors (Lipinski definition) is 6. The van der Waals surface area contributed by atoms with Crippen LogP contribution in [0, 0.1) is 0 Å². The molecule has 5 rings (SSSR count). The zero-order valence-corrected chi connectivity index (χ0v) is 21.7. The molecule has 12 nitrogen and oxygen atoms in total. The van der Waals surface area contributed by atoms with Gasteiger partial charge in [-0.1, -0.05) is 18.2 Å². The lowest BCUT2D eigenvalue weighted by Gasteiger charge is -2.42. The van der Waals surface area contributed by atoms with Gasteiger partial charge in [-0.15, -0.1) is 0 Å². The lowest BCUT2D eigenvalue weighted by Crippen LogP contribution is -2.53. The molecule has 12 heteroatoms. The normalized spacial score (nSPS) is 29.4. The molecule has 6 N–H and O–H groups in total. The lowest BCUT2D eigenvalue weighted by molar-refractivity contribution is -0.249. The van der Waals surface area contributed by atoms with Gasteiger partial charge in [-0.2, -0.15) is 0 Å². The number of nitrogens with one attached hydrogen (secondary N) is 1. The fourth-order valence-corrected chi connectivity index (χ4v) is 5.99. The summed E-state index contributed by atoms with van der Waals surface area (Å²) in [4.78, 5) is 51.4. The van der Waals surface area contributed by atoms with Crippen LogP contribution in [0.5, 0.6) is 11.5 Å². The van der Waals surface area contributed by atoms with Crippen molar-refractivity contribution in [3.63, 3.8) is 0 Å². The molecular formula is C28H29NO11. The minimum Gasteiger partial charge on any atom is -0.507 e. The van der Waals surface area contributed by atoms with E-state index in [0.717, 1.165) is 0 Å². The lowest BCUT2D eigenvalue weighted by atomic mass is 9.71. The first-order chi connectivity index (χ1) is 19.0. The Kier molecular flexibility index (Phi) is 7.11. The van der Waals surface area contributed by atoms with E-state index in [1.54, 1.807) is 14.0 Å². The maximum Gasteiger partial charge on any atom is 0.199 e. The number of likely N-dealkylation sites (N-methyl/N-ethyl adjacent to an activating group) is 1. The molecular weight excluding hydrogens is 526 g/mol. The summed E-state index contributed by atoms with van der Waals surface area (Å²) in [6, 6.07) is 3.61. The second-order valence-corrected chi connectivity index (χ2v) is 10.4. The van der Waals surface area contributed by atoms with Crippen molar-refractivity contribution in [3.05, 3.63) is 57.1 Å². The van der Waals surface area contributed by atoms with Crippen molar-refractivity contribution in [2.45, 2.75) is 62.4 Å². The van der Waals surface area contributed by atoms with Crippen molar-refractivity contribution in [1.29, 1.82) is 0 Å². The highest BCUT2D eigenvalue weighted by Crippen LogP contribution is 2.52. The monoisotopic (exact) mass is 555 g/mol. The van der Waals surface area contributed by atoms with Gasteiger partial charge >= 0.3 is 0 Å². The van der Waals surface area contributed by atoms with Gasteiger partial charge in [-0.3, -0.25) is 19.2 Å². The molecule has 1 heterocycles. The molecule has 2 aliphatic carbocycles. The molecule has 1 aliphatic heterocycles. The molecule has 0 radical (unpaired) electrons. The second kappa shape index (κ2) is 10.1. The molecule has 3 aliphatic rings. The first kappa shape index (κ1) is 28.0. The number of aliphatic hydroxyl groups is 3. The zero-order chi connectivity index (χ0) is 29.1. The van der Waals surface area contributed by atoms with E-state index in [2.05, 4.69) is 5.32 Å². The third-order valence-corrected chi connectivity index (χ3v) is 8.11. The van der Waals surface area contributed by atoms with Crippen LogP contribution in [0.25, 0.3) is 0 Å². The molecule has 2 aromatic rings. The van der Waals surface area contributed by atoms with Crippen molar-refractivity contribution in [2.75, 3.05) is 13.7 Å². The number of fused-ring (bicyclic) bond motifs is 3. The number of rotatable bonds is 6. The Hall–Kier alpha value is -3.52. The van der Waals surface area contributed by atoms with Crippen LogP contribution in [-0.2, 0) is 20.7 Å². The number of hydrogen-bond acceptors (Lipinski definition) is 12. The number of Topliss-reactive ketones (excluding diaryl/α,β-unsaturated/α-hetero) is 1. The minimum absolute atomic E-state index is 0.0740. The van der Waals surface area contributed by atoms with Crippen molar-refractivity contribution in [2.24, 2.45) is 0 Å². The number of ether oxygens (including phenoxy) is 2. The van der Waals surface area contributed by atoms with Crippen LogP contribution in [0.1, 0.15) is 79.2 Å². The number of ketones is 3. The predicted molar refractivity (Wildman–Crippen MR) is 135 cm³/mol. The van der Waals surface area contributed by atoms with Gasteiger partial charge < -0.3 is 40.3 Å². The molecule has 1 fully saturated rings. The molecule has 2 aromatic carbocycles. The van der Waals surface area contributed by atoms with Crippen LogP contribution in [0.4, 0.5) is 0 Å². The Morgan fingerprint density at radius 2 is 1.88 bits per heavy atom. The van der Waals surface area contributed by atoms with Crippen LogP contribution in [0.3, 0.4) is 0 Å². The Labute approximate surface area is 228 Å². The summed E-state index contributed by atoms with van der Waals surface area (Å²) in [7, 11) is 1.64. The average Bonchev–Trinajstić information content (AvgIpc) is 2.94. The third kappa shape index (κ3) is 4.15. The van der Waals surface area contributed by atoms with Crippen molar-refractivity contribution >= 4 is 23.6 Å². The van der Waals surface area contributed by atoms with E-state index in [0.29, 0.717) is 6.29 Å². The zero-order valence-electron chi connectivity index (χ0n) is 21.7. The quantitative estimate of drug-likeness (QED) is 0.177. The number of aliphatic hydroxyl groups excluding tert-OH is 2. The molecule has 0 amide bonds. The first-order valence-corrected chi connectivity index (χ1v) is 12.8. The molecule has 212 valence electrons. The highest BCUT2D eigenvalue weighted by Gasteiger charge is 2.50. The average molecular weight is 556 g/mol. The topological polar surface area (TPSA) is 200 Å². The fraction of sp³-hybridized carbons (Fsp3) is 0.429. The van der Waals surface area contributed by atoms with Gasteiger partial charge in [0.05, 0.1) is 29.4 Å². The molecule has 0 aromatic heterocycles. The summed E-state index contributed by atoms with van der Waals surface area (Å²) in [6.45, 7) is 0.595. The molecule has 0 bridgehead atoms. The van der Waals surface area contributed by atoms with E-state index in [4.69, 9.17) is 9.47 Å². The second-order valence-electron chi connectivity index (χ2n) is 10.4. The predicted octanol–water partition coefficient (Wildman–Crippen LogP) is 0.0659. The maximum atomic E-state index is 13.6. The standard InChI is InChI=1S/C28H29NO11/c1-11-23(33)15(29-2)6-18(39-11)40-16-8-28(38,17(32)10-31)7-14-20(16)27(37)22-21(25(14)35)24(34)13-5-3-4-12(9-30)19(13)26(22)36/h3-5,9,11,15-16,18,23,29,31,33,35,37-38H,6-8,10H2,1-2H3/t11?,15?,16-,18?,23?,28-/m0/s1. The van der Waals surface area contributed by atoms with E-state index in [1.807, 2.05) is 0 Å². The van der Waals surface area contributed by atoms with Crippen LogP contribution in [0.2, 0.25) is 0 Å². The summed E-state index contributed by atoms with van der Waals surface area (Å²) >= 11 is 0. The van der Waals surface area contributed by atoms with Gasteiger partial charge in [0.15, 0.2) is 29.9 Å². The summed E-state index contributed by atoms with van der Waals surface area (Å²) < 4.78 is 11.9. The van der Waals surface area contributed by atoms with Crippen LogP contribution in [-0.4, -0.2) is 93.0 Å². The van der Waals surface area contributed by atoms with Gasteiger partial charge in [0.1, 0.15) is 23.7 Å². The third-order valence-electron chi connectivity index (χ3n) is 8.11. The molecule has 40 heavy (non-hydrogen) atoms. The van der Waals surface area contributed by atoms with E-state index in [-0.39, 0.29) is 34.2 Å². The molecule has 1 saturated heterocycles. The molecule has 4 unspecified atom stereocenters. The number of carbonyl (C=O) groups excluding carboxylic acids is 4. The van der Waals surface area contributed by atoms with Crippen LogP contribution < -0.4 is 5.32 Å². The Morgan fingerprint density at radius 3 is 2.52 bits per heavy atom. The number of benzene rings is 2. The van der Waals surface area contributed by atoms with E-state index >= 15 is 0 Å². The fourth-order valence-electron chi connectivity index (χ4n) is 5.99. The van der Waals surface area contributed by atoms with Crippen molar-refractivity contribution < 1.29 is 54.2 Å². The highest BCUT2D eigenvalue weighted by atomic mass is 16.7. The van der Waals surface area contributed by atoms with E-state index in [9.17, 15) is 44.7 Å². The van der Waals surface area contributed by atoms with E-state index < -0.39 is 95.7 Å². The van der Waals surface area contributed by atoms with Crippen molar-refractivity contribution in [3.8, 4) is 11.5 Å². The number of carbonyl (C=O) groups is 4. The van der Waals surface area contributed by atoms with Gasteiger partial charge in [-0.05, 0) is 14.0 Å². The minimum atomic E-state index is -2.25. The SMILES string of the molecule is CNC1CC(O[C@H]2C[C@](O)(C(=O)CO)Cc3c(O)c4c(c(O)c32)C(=O)c2c(C=O)cccc2C4=O)OC(C)C1O. The van der Waals surface area contributed by atoms with Gasteiger partial charge in [0.25, 0.3) is 0 Å². The number of aromatic hydroxyl groups is 2. The molecule has 0 saturated carbocycles. The summed E-state index contributed by atoms with van der Waals surface area (Å²) in [6.07, 6.45) is -4.44. The highest BCUT2D eigenvalue weighted by molar-refractivity contribution is 6.32. The smallest absolute Gasteiger partial charge is 0.199 e. The van der Waals surface area contributed by atoms with Gasteiger partial charge in [0, 0.05) is 53.1 Å². The summed E-state index contributed by atoms with van der Waals surface area (Å²) in [5.74, 6) is -4.12. The van der Waals surface area contributed by atoms with E-state index in [1.165, 1.54) is 18.2 Å². The van der Waals surface area contributed by atoms with Crippen LogP contribution >= 0.6 is 0 Å². The maximum absolute atomic E-state index is 13.6. The summed E-state index contributed by atoms with van der Waals surface area (Å²) in [5, 5.41) is 57.0. The Bertz CT molecular complexity index is 1440. The van der Waals surface area contributed by atoms with Crippen molar-refractivity contribution in [1.82, 2.24) is 5.32 Å². The van der Waals surface area contributed by atoms with Gasteiger partial charge in [-0.25, -0.2) is 0 Å². The molecule has 6 atom stereocenters.